The molecule has 0 radical (unpaired) electrons. The molecule has 0 aliphatic rings. The van der Waals surface area contributed by atoms with E-state index in [1.165, 1.54) is 12.1 Å². The van der Waals surface area contributed by atoms with Crippen molar-refractivity contribution in [2.24, 2.45) is 11.7 Å². The first-order valence-electron chi connectivity index (χ1n) is 13.4. The van der Waals surface area contributed by atoms with E-state index in [1.807, 2.05) is 11.0 Å². The first-order chi connectivity index (χ1) is 20.8. The Bertz CT molecular complexity index is 1680. The molecule has 3 rings (SSSR count). The van der Waals surface area contributed by atoms with Crippen LogP contribution in [-0.2, 0) is 25.7 Å². The topological polar surface area (TPSA) is 233 Å². The Hall–Kier alpha value is -5.55. The molecule has 1 aromatic heterocycles. The van der Waals surface area contributed by atoms with Crippen LogP contribution in [0.3, 0.4) is 0 Å². The van der Waals surface area contributed by atoms with E-state index >= 15 is 0 Å². The van der Waals surface area contributed by atoms with Gasteiger partial charge in [-0.05, 0) is 61.7 Å². The molecule has 1 heterocycles. The van der Waals surface area contributed by atoms with Gasteiger partial charge in [0.1, 0.15) is 17.8 Å². The molecule has 1 unspecified atom stereocenters. The first-order valence-corrected chi connectivity index (χ1v) is 13.4. The molecular formula is C30H31N5O9. The van der Waals surface area contributed by atoms with Crippen molar-refractivity contribution in [3.05, 3.63) is 69.8 Å². The number of fused-ring (bicyclic) bond motifs is 1. The zero-order valence-electron chi connectivity index (χ0n) is 23.6. The van der Waals surface area contributed by atoms with Gasteiger partial charge in [-0.15, -0.1) is 6.42 Å². The van der Waals surface area contributed by atoms with E-state index in [1.54, 1.807) is 31.2 Å². The number of ketones is 1. The number of amides is 1. The second-order valence-corrected chi connectivity index (χ2v) is 10.0. The maximum atomic E-state index is 12.9. The molecule has 0 fully saturated rings. The number of nitrogens with one attached hydrogen (secondary N) is 2. The molecule has 7 N–H and O–H groups in total. The third-order valence-electron chi connectivity index (χ3n) is 6.79. The van der Waals surface area contributed by atoms with E-state index in [2.05, 4.69) is 21.2 Å². The van der Waals surface area contributed by atoms with Gasteiger partial charge in [0, 0.05) is 24.2 Å². The number of anilines is 1. The molecule has 1 amide bonds. The lowest BCUT2D eigenvalue weighted by atomic mass is 9.90. The number of aromatic amines is 1. The maximum Gasteiger partial charge on any atom is 0.326 e. The van der Waals surface area contributed by atoms with E-state index < -0.39 is 60.4 Å². The lowest BCUT2D eigenvalue weighted by Crippen LogP contribution is -2.47. The molecule has 0 saturated heterocycles. The van der Waals surface area contributed by atoms with Crippen molar-refractivity contribution in [2.75, 3.05) is 11.4 Å². The summed E-state index contributed by atoms with van der Waals surface area (Å²) in [6, 6.07) is 8.10. The van der Waals surface area contributed by atoms with E-state index in [-0.39, 0.29) is 24.1 Å². The van der Waals surface area contributed by atoms with Gasteiger partial charge in [0.2, 0.25) is 0 Å². The zero-order valence-corrected chi connectivity index (χ0v) is 23.6. The largest absolute Gasteiger partial charge is 0.481 e. The average Bonchev–Trinajstić information content (AvgIpc) is 2.97. The zero-order chi connectivity index (χ0) is 32.6. The van der Waals surface area contributed by atoms with Gasteiger partial charge in [0.15, 0.2) is 5.78 Å². The average molecular weight is 606 g/mol. The summed E-state index contributed by atoms with van der Waals surface area (Å²) in [4.78, 5) is 81.0. The molecule has 3 aromatic rings. The molecule has 230 valence electrons. The number of benzene rings is 2. The fourth-order valence-electron chi connectivity index (χ4n) is 4.51. The van der Waals surface area contributed by atoms with Gasteiger partial charge in [0.05, 0.1) is 23.5 Å². The van der Waals surface area contributed by atoms with E-state index in [0.717, 1.165) is 5.56 Å². The Balaban J connectivity index is 1.74. The van der Waals surface area contributed by atoms with E-state index in [0.29, 0.717) is 29.0 Å². The summed E-state index contributed by atoms with van der Waals surface area (Å²) in [7, 11) is 0. The lowest BCUT2D eigenvalue weighted by molar-refractivity contribution is -0.148. The standard InChI is InChI=1S/C30H31N5O9/c1-3-12-35(15-17-4-10-23-20(13-17)28(40)33-16(2)32-23)19-7-5-18(6-8-19)27(39)34-24(30(43)44)14-21(29(41)42)26(38)22(31)9-11-25(36)37/h1,4-8,10,13,21-22,24H,9,11-12,14-15,31H2,2H3,(H,34,39)(H,36,37)(H,41,42)(H,43,44)(H,32,33,40)/t21?,22-,24-/m0/s1. The summed E-state index contributed by atoms with van der Waals surface area (Å²) >= 11 is 0. The lowest BCUT2D eigenvalue weighted by Gasteiger charge is -2.23. The SMILES string of the molecule is C#CCN(Cc1ccc2nc(C)[nH]c(=O)c2c1)c1ccc(C(=O)N[C@@H](CC(C(=O)O)C(=O)[C@@H](N)CCC(=O)O)C(=O)O)cc1. The number of aliphatic carboxylic acids is 3. The number of carbonyl (C=O) groups excluding carboxylic acids is 2. The van der Waals surface area contributed by atoms with Crippen LogP contribution in [0.25, 0.3) is 10.9 Å². The number of carboxylic acid groups (broad SMARTS) is 3. The number of hydrogen-bond acceptors (Lipinski definition) is 9. The molecule has 0 aliphatic carbocycles. The van der Waals surface area contributed by atoms with Crippen LogP contribution in [-0.4, -0.2) is 73.5 Å². The molecule has 2 aromatic carbocycles. The Morgan fingerprint density at radius 3 is 2.34 bits per heavy atom. The third kappa shape index (κ3) is 8.49. The van der Waals surface area contributed by atoms with Crippen molar-refractivity contribution >= 4 is 46.2 Å². The summed E-state index contributed by atoms with van der Waals surface area (Å²) in [6.45, 7) is 2.19. The molecule has 14 heteroatoms. The Morgan fingerprint density at radius 2 is 1.75 bits per heavy atom. The minimum Gasteiger partial charge on any atom is -0.481 e. The van der Waals surface area contributed by atoms with Crippen molar-refractivity contribution in [2.45, 2.75) is 44.8 Å². The number of terminal acetylenes is 1. The van der Waals surface area contributed by atoms with Crippen molar-refractivity contribution in [3.8, 4) is 12.3 Å². The van der Waals surface area contributed by atoms with Crippen LogP contribution in [0.5, 0.6) is 0 Å². The quantitative estimate of drug-likeness (QED) is 0.105. The number of aromatic nitrogens is 2. The number of nitrogens with zero attached hydrogens (tertiary/aromatic N) is 2. The van der Waals surface area contributed by atoms with Crippen LogP contribution < -0.4 is 21.5 Å². The number of carbonyl (C=O) groups is 5. The van der Waals surface area contributed by atoms with Crippen LogP contribution in [0.2, 0.25) is 0 Å². The van der Waals surface area contributed by atoms with Crippen molar-refractivity contribution in [3.63, 3.8) is 0 Å². The van der Waals surface area contributed by atoms with Crippen LogP contribution in [0.15, 0.2) is 47.3 Å². The summed E-state index contributed by atoms with van der Waals surface area (Å²) in [6.07, 6.45) is 3.96. The summed E-state index contributed by atoms with van der Waals surface area (Å²) in [5.41, 5.74) is 7.38. The number of rotatable bonds is 15. The number of carboxylic acids is 3. The minimum atomic E-state index is -1.88. The molecule has 0 saturated carbocycles. The number of aryl methyl sites for hydroxylation is 1. The highest BCUT2D eigenvalue weighted by molar-refractivity contribution is 6.02. The second-order valence-electron chi connectivity index (χ2n) is 10.0. The molecule has 14 nitrogen and oxygen atoms in total. The summed E-state index contributed by atoms with van der Waals surface area (Å²) in [5.74, 6) is -5.17. The van der Waals surface area contributed by atoms with Crippen LogP contribution >= 0.6 is 0 Å². The smallest absolute Gasteiger partial charge is 0.326 e. The number of nitrogens with two attached hydrogens (primary N) is 1. The Labute approximate surface area is 250 Å². The predicted molar refractivity (Wildman–Crippen MR) is 158 cm³/mol. The third-order valence-corrected chi connectivity index (χ3v) is 6.79. The van der Waals surface area contributed by atoms with Crippen molar-refractivity contribution in [1.82, 2.24) is 15.3 Å². The Morgan fingerprint density at radius 1 is 1.07 bits per heavy atom. The van der Waals surface area contributed by atoms with Gasteiger partial charge in [-0.2, -0.15) is 0 Å². The first kappa shape index (κ1) is 33.0. The molecule has 44 heavy (non-hydrogen) atoms. The highest BCUT2D eigenvalue weighted by atomic mass is 16.4. The van der Waals surface area contributed by atoms with Crippen LogP contribution in [0, 0.1) is 25.2 Å². The van der Waals surface area contributed by atoms with Crippen molar-refractivity contribution in [1.29, 1.82) is 0 Å². The van der Waals surface area contributed by atoms with Gasteiger partial charge in [-0.25, -0.2) is 9.78 Å². The summed E-state index contributed by atoms with van der Waals surface area (Å²) < 4.78 is 0. The maximum absolute atomic E-state index is 12.9. The molecule has 3 atom stereocenters. The van der Waals surface area contributed by atoms with E-state index in [4.69, 9.17) is 17.3 Å². The second kappa shape index (κ2) is 14.6. The van der Waals surface area contributed by atoms with Gasteiger partial charge in [0.25, 0.3) is 11.5 Å². The predicted octanol–water partition coefficient (Wildman–Crippen LogP) is 0.906. The molecule has 0 bridgehead atoms. The number of Topliss-reactive ketones (excluding diaryl/α,β-unsaturated/α-hetero) is 1. The van der Waals surface area contributed by atoms with Gasteiger partial charge in [-0.3, -0.25) is 24.0 Å². The van der Waals surface area contributed by atoms with Gasteiger partial charge < -0.3 is 36.3 Å². The monoisotopic (exact) mass is 605 g/mol. The highest BCUT2D eigenvalue weighted by Gasteiger charge is 2.36. The van der Waals surface area contributed by atoms with Crippen LogP contribution in [0.4, 0.5) is 5.69 Å². The normalized spacial score (nSPS) is 12.8. The highest BCUT2D eigenvalue weighted by Crippen LogP contribution is 2.20. The summed E-state index contributed by atoms with van der Waals surface area (Å²) in [5, 5.41) is 30.6. The van der Waals surface area contributed by atoms with Gasteiger partial charge in [-0.1, -0.05) is 12.0 Å². The molecule has 0 aliphatic heterocycles. The molecular weight excluding hydrogens is 574 g/mol. The number of hydrogen-bond donors (Lipinski definition) is 6. The van der Waals surface area contributed by atoms with E-state index in [9.17, 15) is 39.0 Å². The van der Waals surface area contributed by atoms with Crippen LogP contribution in [0.1, 0.15) is 41.0 Å². The molecule has 0 spiro atoms. The van der Waals surface area contributed by atoms with Gasteiger partial charge >= 0.3 is 17.9 Å². The van der Waals surface area contributed by atoms with Crippen molar-refractivity contribution < 1.29 is 39.3 Å². The Kier molecular flexibility index (Phi) is 10.9. The minimum absolute atomic E-state index is 0.0516. The number of H-pyrrole nitrogens is 1. The fourth-order valence-corrected chi connectivity index (χ4v) is 4.51. The fraction of sp³-hybridized carbons (Fsp3) is 0.300.